The molecule has 160 valence electrons. The van der Waals surface area contributed by atoms with Crippen molar-refractivity contribution in [2.24, 2.45) is 4.99 Å². The van der Waals surface area contributed by atoms with Gasteiger partial charge in [0.15, 0.2) is 0 Å². The fourth-order valence-electron chi connectivity index (χ4n) is 4.71. The van der Waals surface area contributed by atoms with Crippen LogP contribution in [0.3, 0.4) is 0 Å². The van der Waals surface area contributed by atoms with Gasteiger partial charge in [0.05, 0.1) is 0 Å². The molecule has 3 aromatic rings. The fraction of sp³-hybridized carbons (Fsp3) is 0.250. The number of hydrogen-bond donors (Lipinski definition) is 0. The van der Waals surface area contributed by atoms with Crippen molar-refractivity contribution in [2.45, 2.75) is 47.6 Å². The minimum atomic E-state index is -0.168. The van der Waals surface area contributed by atoms with Crippen molar-refractivity contribution in [1.82, 2.24) is 0 Å². The molecule has 0 bridgehead atoms. The van der Waals surface area contributed by atoms with E-state index in [4.69, 9.17) is 4.99 Å². The van der Waals surface area contributed by atoms with E-state index in [0.717, 1.165) is 0 Å². The van der Waals surface area contributed by atoms with Crippen molar-refractivity contribution in [2.75, 3.05) is 4.90 Å². The molecule has 0 N–H and O–H groups in total. The molecule has 1 aliphatic heterocycles. The van der Waals surface area contributed by atoms with Crippen molar-refractivity contribution < 1.29 is 16.2 Å². The van der Waals surface area contributed by atoms with Gasteiger partial charge in [0.1, 0.15) is 0 Å². The Morgan fingerprint density at radius 1 is 0.774 bits per heavy atom. The third-order valence-corrected chi connectivity index (χ3v) is 7.68. The standard InChI is InChI=1S/C21H24N2.C7H6.Ru/c1-13-7-15(3)20(16(4)8-13)19-11-22-12-23(19)21-17(5)9-14(2)10-18(21)6;1-7-5-3-2-4-6-7;/h7-11,19H,1-6H3;1-6H;. The Morgan fingerprint density at radius 2 is 1.32 bits per heavy atom. The molecular weight excluding hydrogens is 465 g/mol. The van der Waals surface area contributed by atoms with Crippen LogP contribution in [0.15, 0.2) is 59.6 Å². The summed E-state index contributed by atoms with van der Waals surface area (Å²) in [5.41, 5.74) is 11.9. The first-order valence-electron chi connectivity index (χ1n) is 10.7. The van der Waals surface area contributed by atoms with Gasteiger partial charge in [-0.25, -0.2) is 0 Å². The monoisotopic (exact) mass is 496 g/mol. The van der Waals surface area contributed by atoms with E-state index in [1.807, 2.05) is 0 Å². The Hall–Kier alpha value is -2.51. The summed E-state index contributed by atoms with van der Waals surface area (Å²) >= 11 is -0.168. The summed E-state index contributed by atoms with van der Waals surface area (Å²) in [6.45, 7) is 13.3. The van der Waals surface area contributed by atoms with E-state index in [2.05, 4.69) is 112 Å². The Labute approximate surface area is 193 Å². The van der Waals surface area contributed by atoms with Crippen molar-refractivity contribution in [3.05, 3.63) is 99.1 Å². The molecule has 2 nitrogen and oxygen atoms in total. The molecule has 0 fully saturated rings. The molecule has 0 aliphatic carbocycles. The number of nitrogens with zero attached hydrogens (tertiary/aromatic N) is 2. The molecule has 1 aliphatic rings. The molecule has 0 aromatic heterocycles. The Kier molecular flexibility index (Phi) is 6.25. The molecule has 0 saturated heterocycles. The van der Waals surface area contributed by atoms with Gasteiger partial charge in [0, 0.05) is 0 Å². The van der Waals surface area contributed by atoms with Gasteiger partial charge in [-0.15, -0.1) is 0 Å². The van der Waals surface area contributed by atoms with E-state index in [1.54, 1.807) is 0 Å². The zero-order valence-electron chi connectivity index (χ0n) is 19.2. The van der Waals surface area contributed by atoms with Crippen LogP contribution in [0.5, 0.6) is 0 Å². The van der Waals surface area contributed by atoms with Gasteiger partial charge < -0.3 is 0 Å². The second-order valence-corrected chi connectivity index (χ2v) is 10.3. The quantitative estimate of drug-likeness (QED) is 0.396. The first kappa shape index (κ1) is 21.7. The summed E-state index contributed by atoms with van der Waals surface area (Å²) in [5, 5.41) is 0. The van der Waals surface area contributed by atoms with Crippen LogP contribution in [-0.2, 0) is 16.2 Å². The van der Waals surface area contributed by atoms with E-state index in [1.165, 1.54) is 54.5 Å². The van der Waals surface area contributed by atoms with Gasteiger partial charge >= 0.3 is 194 Å². The maximum absolute atomic E-state index is 5.00. The molecule has 3 heteroatoms. The van der Waals surface area contributed by atoms with Crippen LogP contribution in [0, 0.1) is 41.5 Å². The third kappa shape index (κ3) is 4.43. The predicted molar refractivity (Wildman–Crippen MR) is 132 cm³/mol. The summed E-state index contributed by atoms with van der Waals surface area (Å²) in [7, 11) is 0. The molecule has 0 saturated carbocycles. The molecule has 1 atom stereocenters. The number of aryl methyl sites for hydroxylation is 6. The predicted octanol–water partition coefficient (Wildman–Crippen LogP) is 6.19. The van der Waals surface area contributed by atoms with Crippen molar-refractivity contribution >= 4 is 20.9 Å². The van der Waals surface area contributed by atoms with Gasteiger partial charge in [-0.3, -0.25) is 0 Å². The Balaban J connectivity index is 1.92. The van der Waals surface area contributed by atoms with Crippen LogP contribution in [0.1, 0.15) is 50.5 Å². The number of aliphatic imine (C=N–C) groups is 1. The summed E-state index contributed by atoms with van der Waals surface area (Å²) in [4.78, 5) is 7.51. The van der Waals surface area contributed by atoms with Crippen LogP contribution < -0.4 is 4.90 Å². The zero-order chi connectivity index (χ0) is 22.1. The van der Waals surface area contributed by atoms with Gasteiger partial charge in [0.25, 0.3) is 0 Å². The van der Waals surface area contributed by atoms with Crippen molar-refractivity contribution in [3.63, 3.8) is 0 Å². The van der Waals surface area contributed by atoms with Crippen LogP contribution in [0.4, 0.5) is 5.69 Å². The molecule has 31 heavy (non-hydrogen) atoms. The van der Waals surface area contributed by atoms with Crippen LogP contribution in [0.25, 0.3) is 0 Å². The van der Waals surface area contributed by atoms with Gasteiger partial charge in [-0.2, -0.15) is 0 Å². The van der Waals surface area contributed by atoms with E-state index in [9.17, 15) is 0 Å². The summed E-state index contributed by atoms with van der Waals surface area (Å²) < 4.78 is 3.55. The van der Waals surface area contributed by atoms with Crippen LogP contribution in [0.2, 0.25) is 0 Å². The topological polar surface area (TPSA) is 15.6 Å². The average molecular weight is 496 g/mol. The maximum atomic E-state index is 5.00. The summed E-state index contributed by atoms with van der Waals surface area (Å²) in [5.74, 6) is 0. The molecule has 3 aromatic carbocycles. The van der Waals surface area contributed by atoms with Crippen LogP contribution in [-0.4, -0.2) is 15.2 Å². The second kappa shape index (κ2) is 8.93. The van der Waals surface area contributed by atoms with Gasteiger partial charge in [-0.1, -0.05) is 0 Å². The molecule has 4 rings (SSSR count). The summed E-state index contributed by atoms with van der Waals surface area (Å²) in [6, 6.07) is 19.9. The zero-order valence-corrected chi connectivity index (χ0v) is 20.9. The van der Waals surface area contributed by atoms with Crippen LogP contribution >= 0.6 is 0 Å². The SMILES string of the molecule is Cc1cc(C)c(C2C=N[C](=[Ru]=[CH]c3ccccc3)N2c2c(C)cc(C)cc2C)c(C)c1. The Morgan fingerprint density at radius 3 is 1.90 bits per heavy atom. The fourth-order valence-corrected chi connectivity index (χ4v) is 6.50. The van der Waals surface area contributed by atoms with E-state index >= 15 is 0 Å². The van der Waals surface area contributed by atoms with Gasteiger partial charge in [0.2, 0.25) is 0 Å². The van der Waals surface area contributed by atoms with E-state index < -0.39 is 0 Å². The normalized spacial score (nSPS) is 15.6. The first-order chi connectivity index (χ1) is 14.8. The number of anilines is 1. The third-order valence-electron chi connectivity index (χ3n) is 5.76. The Bertz CT molecular complexity index is 1190. The molecule has 1 unspecified atom stereocenters. The van der Waals surface area contributed by atoms with E-state index in [-0.39, 0.29) is 22.3 Å². The van der Waals surface area contributed by atoms with Crippen molar-refractivity contribution in [1.29, 1.82) is 0 Å². The average Bonchev–Trinajstić information content (AvgIpc) is 3.09. The minimum absolute atomic E-state index is 0.133. The molecule has 1 heterocycles. The number of benzene rings is 3. The molecule has 0 amide bonds. The van der Waals surface area contributed by atoms with Gasteiger partial charge in [-0.05, 0) is 0 Å². The molecule has 0 radical (unpaired) electrons. The second-order valence-electron chi connectivity index (χ2n) is 8.53. The molecule has 0 spiro atoms. The first-order valence-corrected chi connectivity index (χ1v) is 12.6. The van der Waals surface area contributed by atoms with E-state index in [0.29, 0.717) is 0 Å². The molecular formula is C28H30N2Ru. The van der Waals surface area contributed by atoms with Crippen molar-refractivity contribution in [3.8, 4) is 0 Å². The number of hydrogen-bond acceptors (Lipinski definition) is 2. The summed E-state index contributed by atoms with van der Waals surface area (Å²) in [6.07, 6.45) is 2.16. The number of rotatable bonds is 3.